The van der Waals surface area contributed by atoms with Gasteiger partial charge in [-0.25, -0.2) is 0 Å². The van der Waals surface area contributed by atoms with Crippen LogP contribution in [0.25, 0.3) is 10.9 Å². The molecule has 2 saturated heterocycles. The number of ether oxygens (including phenoxy) is 3. The third kappa shape index (κ3) is 5.23. The number of aromatic amines is 1. The largest absolute Gasteiger partial charge is 0.491 e. The summed E-state index contributed by atoms with van der Waals surface area (Å²) < 4.78 is 17.4. The molecule has 2 aliphatic rings. The van der Waals surface area contributed by atoms with Crippen molar-refractivity contribution in [3.63, 3.8) is 0 Å². The minimum atomic E-state index is -0.515. The van der Waals surface area contributed by atoms with Gasteiger partial charge in [0.1, 0.15) is 18.5 Å². The average Bonchev–Trinajstić information content (AvgIpc) is 3.38. The van der Waals surface area contributed by atoms with Crippen LogP contribution in [0.5, 0.6) is 5.75 Å². The number of H-pyrrole nitrogens is 1. The normalized spacial score (nSPS) is 23.4. The monoisotopic (exact) mass is 436 g/mol. The molecule has 0 amide bonds. The number of likely N-dealkylation sites (tertiary alicyclic amines) is 1. The van der Waals surface area contributed by atoms with Gasteiger partial charge in [-0.05, 0) is 69.1 Å². The average molecular weight is 437 g/mol. The smallest absolute Gasteiger partial charge is 0.163 e. The highest BCUT2D eigenvalue weighted by molar-refractivity contribution is 5.81. The molecule has 0 radical (unpaired) electrons. The number of fused-ring (bicyclic) bond motifs is 1. The lowest BCUT2D eigenvalue weighted by Crippen LogP contribution is -2.41. The number of hydrogen-bond donors (Lipinski definition) is 2. The zero-order chi connectivity index (χ0) is 22.0. The first-order chi connectivity index (χ1) is 15.5. The number of nitrogens with one attached hydrogen (secondary N) is 2. The summed E-state index contributed by atoms with van der Waals surface area (Å²) in [4.78, 5) is 2.52. The molecule has 2 atom stereocenters. The first kappa shape index (κ1) is 21.2. The summed E-state index contributed by atoms with van der Waals surface area (Å²) >= 11 is 0. The van der Waals surface area contributed by atoms with Crippen molar-refractivity contribution in [3.8, 4) is 5.75 Å². The summed E-state index contributed by atoms with van der Waals surface area (Å²) in [5.41, 5.74) is 3.49. The quantitative estimate of drug-likeness (QED) is 0.579. The molecule has 2 aromatic carbocycles. The first-order valence-electron chi connectivity index (χ1n) is 11.5. The van der Waals surface area contributed by atoms with E-state index in [0.29, 0.717) is 19.3 Å². The van der Waals surface area contributed by atoms with Crippen LogP contribution in [0.3, 0.4) is 0 Å². The maximum Gasteiger partial charge on any atom is 0.163 e. The highest BCUT2D eigenvalue weighted by Crippen LogP contribution is 2.24. The van der Waals surface area contributed by atoms with Gasteiger partial charge in [-0.15, -0.1) is 0 Å². The van der Waals surface area contributed by atoms with E-state index in [1.54, 1.807) is 0 Å². The molecular formula is C25H32N4O3. The predicted molar refractivity (Wildman–Crippen MR) is 125 cm³/mol. The molecule has 1 aromatic heterocycles. The summed E-state index contributed by atoms with van der Waals surface area (Å²) in [7, 11) is 0. The Balaban J connectivity index is 1.14. The molecule has 0 saturated carbocycles. The molecule has 32 heavy (non-hydrogen) atoms. The van der Waals surface area contributed by atoms with Crippen molar-refractivity contribution < 1.29 is 14.2 Å². The number of piperidine rings is 1. The second kappa shape index (κ2) is 9.10. The van der Waals surface area contributed by atoms with Crippen molar-refractivity contribution in [1.29, 1.82) is 0 Å². The van der Waals surface area contributed by atoms with Gasteiger partial charge < -0.3 is 19.5 Å². The van der Waals surface area contributed by atoms with Crippen LogP contribution >= 0.6 is 0 Å². The number of nitrogens with zero attached hydrogens (tertiary/aromatic N) is 2. The molecule has 5 rings (SSSR count). The molecule has 2 N–H and O–H groups in total. The van der Waals surface area contributed by atoms with Crippen LogP contribution in [-0.2, 0) is 16.0 Å². The summed E-state index contributed by atoms with van der Waals surface area (Å²) in [6.07, 6.45) is 4.22. The Morgan fingerprint density at radius 1 is 1.25 bits per heavy atom. The van der Waals surface area contributed by atoms with Gasteiger partial charge in [-0.3, -0.25) is 10.00 Å². The molecular weight excluding hydrogens is 404 g/mol. The molecule has 2 aliphatic heterocycles. The molecule has 0 unspecified atom stereocenters. The van der Waals surface area contributed by atoms with Gasteiger partial charge in [0.15, 0.2) is 5.79 Å². The van der Waals surface area contributed by atoms with E-state index in [-0.39, 0.29) is 6.10 Å². The van der Waals surface area contributed by atoms with Gasteiger partial charge in [-0.2, -0.15) is 5.10 Å². The second-order valence-electron chi connectivity index (χ2n) is 9.30. The molecule has 0 bridgehead atoms. The number of aromatic nitrogens is 2. The van der Waals surface area contributed by atoms with Gasteiger partial charge >= 0.3 is 0 Å². The van der Waals surface area contributed by atoms with E-state index in [4.69, 9.17) is 14.2 Å². The van der Waals surface area contributed by atoms with Crippen LogP contribution in [0.2, 0.25) is 0 Å². The predicted octanol–water partition coefficient (Wildman–Crippen LogP) is 4.17. The van der Waals surface area contributed by atoms with E-state index in [1.807, 2.05) is 26.1 Å². The Labute approximate surface area is 189 Å². The third-order valence-electron chi connectivity index (χ3n) is 6.12. The standard InChI is InChI=1S/C25H32N4O3/c1-25(2)31-17-23(32-25)16-30-22-7-3-5-18(11-22)14-29-10-4-6-21(15-29)27-20-8-9-24-19(12-20)13-26-28-24/h3,5,7-9,11-13,21,23,27H,4,6,10,14-17H2,1-2H3,(H,26,28)/t21-,23-/m0/s1. The Morgan fingerprint density at radius 2 is 2.19 bits per heavy atom. The Hall–Kier alpha value is -2.61. The van der Waals surface area contributed by atoms with E-state index in [1.165, 1.54) is 18.4 Å². The maximum absolute atomic E-state index is 6.00. The number of benzene rings is 2. The Morgan fingerprint density at radius 3 is 3.06 bits per heavy atom. The number of hydrogen-bond acceptors (Lipinski definition) is 6. The third-order valence-corrected chi connectivity index (χ3v) is 6.12. The fraction of sp³-hybridized carbons (Fsp3) is 0.480. The SMILES string of the molecule is CC1(C)OC[C@H](COc2cccc(CN3CCC[C@H](Nc4ccc5[nH]ncc5c4)C3)c2)O1. The molecule has 3 aromatic rings. The summed E-state index contributed by atoms with van der Waals surface area (Å²) in [6, 6.07) is 15.2. The van der Waals surface area contributed by atoms with Gasteiger partial charge in [0.25, 0.3) is 0 Å². The van der Waals surface area contributed by atoms with Gasteiger partial charge in [0.05, 0.1) is 18.3 Å². The van der Waals surface area contributed by atoms with Crippen molar-refractivity contribution in [3.05, 3.63) is 54.2 Å². The molecule has 7 heteroatoms. The van der Waals surface area contributed by atoms with Crippen molar-refractivity contribution in [2.75, 3.05) is 31.6 Å². The second-order valence-corrected chi connectivity index (χ2v) is 9.30. The van der Waals surface area contributed by atoms with Gasteiger partial charge in [0, 0.05) is 30.2 Å². The topological polar surface area (TPSA) is 71.6 Å². The molecule has 170 valence electrons. The van der Waals surface area contributed by atoms with Crippen LogP contribution in [0, 0.1) is 0 Å². The van der Waals surface area contributed by atoms with E-state index in [0.717, 1.165) is 42.0 Å². The van der Waals surface area contributed by atoms with E-state index in [9.17, 15) is 0 Å². The number of anilines is 1. The minimum Gasteiger partial charge on any atom is -0.491 e. The first-order valence-corrected chi connectivity index (χ1v) is 11.5. The molecule has 7 nitrogen and oxygen atoms in total. The van der Waals surface area contributed by atoms with Crippen LogP contribution in [0.15, 0.2) is 48.7 Å². The number of rotatable bonds is 7. The van der Waals surface area contributed by atoms with E-state index >= 15 is 0 Å². The van der Waals surface area contributed by atoms with Crippen molar-refractivity contribution in [2.24, 2.45) is 0 Å². The van der Waals surface area contributed by atoms with E-state index < -0.39 is 5.79 Å². The summed E-state index contributed by atoms with van der Waals surface area (Å²) in [5.74, 6) is 0.370. The lowest BCUT2D eigenvalue weighted by atomic mass is 10.0. The highest BCUT2D eigenvalue weighted by atomic mass is 16.7. The minimum absolute atomic E-state index is 0.0242. The van der Waals surface area contributed by atoms with Crippen LogP contribution in [0.1, 0.15) is 32.3 Å². The summed E-state index contributed by atoms with van der Waals surface area (Å²) in [5, 5.41) is 12.0. The lowest BCUT2D eigenvalue weighted by Gasteiger charge is -2.33. The van der Waals surface area contributed by atoms with E-state index in [2.05, 4.69) is 56.8 Å². The van der Waals surface area contributed by atoms with Crippen LogP contribution in [-0.4, -0.2) is 59.3 Å². The van der Waals surface area contributed by atoms with Crippen LogP contribution in [0.4, 0.5) is 5.69 Å². The maximum atomic E-state index is 6.00. The molecule has 0 aliphatic carbocycles. The van der Waals surface area contributed by atoms with Crippen LogP contribution < -0.4 is 10.1 Å². The van der Waals surface area contributed by atoms with Crippen molar-refractivity contribution in [2.45, 2.75) is 51.2 Å². The highest BCUT2D eigenvalue weighted by Gasteiger charge is 2.33. The molecule has 0 spiro atoms. The van der Waals surface area contributed by atoms with Gasteiger partial charge in [0.2, 0.25) is 0 Å². The Kier molecular flexibility index (Phi) is 6.04. The van der Waals surface area contributed by atoms with Crippen molar-refractivity contribution in [1.82, 2.24) is 15.1 Å². The van der Waals surface area contributed by atoms with Gasteiger partial charge in [-0.1, -0.05) is 12.1 Å². The van der Waals surface area contributed by atoms with Crippen molar-refractivity contribution >= 4 is 16.6 Å². The summed E-state index contributed by atoms with van der Waals surface area (Å²) in [6.45, 7) is 8.01. The molecule has 3 heterocycles. The Bertz CT molecular complexity index is 1050. The zero-order valence-corrected chi connectivity index (χ0v) is 18.8. The molecule has 2 fully saturated rings. The fourth-order valence-electron chi connectivity index (χ4n) is 4.61. The zero-order valence-electron chi connectivity index (χ0n) is 18.8. The lowest BCUT2D eigenvalue weighted by molar-refractivity contribution is -0.141. The fourth-order valence-corrected chi connectivity index (χ4v) is 4.61.